The molecular weight excluding hydrogens is 491 g/mol. The number of benzene rings is 2. The van der Waals surface area contributed by atoms with Crippen LogP contribution in [-0.2, 0) is 6.18 Å². The van der Waals surface area contributed by atoms with E-state index in [0.29, 0.717) is 29.0 Å². The van der Waals surface area contributed by atoms with E-state index in [2.05, 4.69) is 11.7 Å². The number of aliphatic hydroxyl groups is 1. The van der Waals surface area contributed by atoms with Crippen LogP contribution in [-0.4, -0.2) is 41.8 Å². The van der Waals surface area contributed by atoms with Gasteiger partial charge in [0.05, 0.1) is 12.3 Å². The lowest BCUT2D eigenvalue weighted by Crippen LogP contribution is -2.20. The summed E-state index contributed by atoms with van der Waals surface area (Å²) in [5, 5.41) is 14.9. The number of likely N-dealkylation sites (N-methyl/N-ethyl adjacent to an activating group) is 1. The molecule has 0 unspecified atom stereocenters. The van der Waals surface area contributed by atoms with E-state index in [1.165, 1.54) is 12.1 Å². The summed E-state index contributed by atoms with van der Waals surface area (Å²) in [7, 11) is 1.96. The van der Waals surface area contributed by atoms with Crippen molar-refractivity contribution in [3.8, 4) is 11.3 Å². The molecule has 1 heterocycles. The van der Waals surface area contributed by atoms with E-state index < -0.39 is 11.9 Å². The number of hydrogen-bond acceptors (Lipinski definition) is 4. The number of nitrogens with one attached hydrogen (secondary N) is 1. The van der Waals surface area contributed by atoms with Gasteiger partial charge in [0, 0.05) is 35.4 Å². The molecule has 3 rings (SSSR count). The van der Waals surface area contributed by atoms with Crippen LogP contribution >= 0.6 is 11.6 Å². The van der Waals surface area contributed by atoms with Gasteiger partial charge in [0.15, 0.2) is 0 Å². The smallest absolute Gasteiger partial charge is 0.395 e. The predicted octanol–water partition coefficient (Wildman–Crippen LogP) is 6.89. The number of aromatic amines is 1. The zero-order valence-corrected chi connectivity index (χ0v) is 20.8. The van der Waals surface area contributed by atoms with Crippen molar-refractivity contribution in [2.24, 2.45) is 0 Å². The van der Waals surface area contributed by atoms with Crippen LogP contribution in [0.15, 0.2) is 96.6 Å². The molecule has 2 aromatic carbocycles. The van der Waals surface area contributed by atoms with Crippen LogP contribution in [0.3, 0.4) is 0 Å². The summed E-state index contributed by atoms with van der Waals surface area (Å²) in [4.78, 5) is 12.4. The molecule has 0 fully saturated rings. The van der Waals surface area contributed by atoms with Crippen LogP contribution in [0, 0.1) is 0 Å². The first-order valence-corrected chi connectivity index (χ1v) is 11.2. The Balaban J connectivity index is 0.000000295. The Morgan fingerprint density at radius 3 is 2.28 bits per heavy atom. The van der Waals surface area contributed by atoms with Crippen molar-refractivity contribution in [1.82, 2.24) is 10.2 Å². The molecule has 0 aliphatic rings. The molecule has 2 N–H and O–H groups in total. The summed E-state index contributed by atoms with van der Waals surface area (Å²) in [5.74, 6) is 0. The van der Waals surface area contributed by atoms with Gasteiger partial charge in [0.25, 0.3) is 0 Å². The van der Waals surface area contributed by atoms with E-state index in [9.17, 15) is 18.0 Å². The third-order valence-electron chi connectivity index (χ3n) is 4.46. The lowest BCUT2D eigenvalue weighted by molar-refractivity contribution is -0.141. The maximum Gasteiger partial charge on any atom is 0.432 e. The SMILES string of the molecule is C=C/C=C(Cl)\C=C/C.CN(CCO)c1ccccc1.O=Cc1ccc(-c2cc(C(F)(F)F)[nH]n2)cc1. The highest BCUT2D eigenvalue weighted by Crippen LogP contribution is 2.30. The Kier molecular flexibility index (Phi) is 13.6. The molecule has 0 atom stereocenters. The van der Waals surface area contributed by atoms with Crippen LogP contribution in [0.25, 0.3) is 11.3 Å². The van der Waals surface area contributed by atoms with E-state index in [4.69, 9.17) is 16.7 Å². The highest BCUT2D eigenvalue weighted by molar-refractivity contribution is 6.31. The number of allylic oxidation sites excluding steroid dienone is 5. The number of halogens is 4. The maximum absolute atomic E-state index is 12.3. The number of H-pyrrole nitrogens is 1. The Bertz CT molecular complexity index is 1110. The molecule has 5 nitrogen and oxygen atoms in total. The second kappa shape index (κ2) is 16.1. The fourth-order valence-electron chi connectivity index (χ4n) is 2.64. The van der Waals surface area contributed by atoms with Gasteiger partial charge in [-0.15, -0.1) is 0 Å². The van der Waals surface area contributed by atoms with Crippen molar-refractivity contribution in [1.29, 1.82) is 0 Å². The summed E-state index contributed by atoms with van der Waals surface area (Å²) >= 11 is 5.58. The summed E-state index contributed by atoms with van der Waals surface area (Å²) in [6.45, 7) is 6.29. The van der Waals surface area contributed by atoms with Crippen LogP contribution in [0.4, 0.5) is 18.9 Å². The summed E-state index contributed by atoms with van der Waals surface area (Å²) in [6, 6.07) is 17.1. The molecule has 0 aliphatic carbocycles. The summed E-state index contributed by atoms with van der Waals surface area (Å²) in [5.41, 5.74) is 1.41. The Morgan fingerprint density at radius 2 is 1.81 bits per heavy atom. The molecule has 0 spiro atoms. The van der Waals surface area contributed by atoms with Crippen molar-refractivity contribution in [2.45, 2.75) is 13.1 Å². The number of nitrogens with zero attached hydrogens (tertiary/aromatic N) is 2. The highest BCUT2D eigenvalue weighted by atomic mass is 35.5. The second-order valence-corrected chi connectivity index (χ2v) is 7.61. The monoisotopic (exact) mass is 519 g/mol. The molecule has 0 amide bonds. The van der Waals surface area contributed by atoms with Gasteiger partial charge in [0.1, 0.15) is 12.0 Å². The number of hydrogen-bond donors (Lipinski definition) is 2. The largest absolute Gasteiger partial charge is 0.432 e. The third kappa shape index (κ3) is 11.2. The molecule has 0 aliphatic heterocycles. The van der Waals surface area contributed by atoms with E-state index in [0.717, 1.165) is 11.8 Å². The lowest BCUT2D eigenvalue weighted by Gasteiger charge is -2.17. The molecule has 0 radical (unpaired) electrons. The molecule has 0 saturated heterocycles. The molecule has 0 saturated carbocycles. The number of anilines is 1. The minimum atomic E-state index is -4.44. The first kappa shape index (κ1) is 30.4. The van der Waals surface area contributed by atoms with E-state index in [-0.39, 0.29) is 12.3 Å². The van der Waals surface area contributed by atoms with Crippen LogP contribution in [0.1, 0.15) is 23.0 Å². The maximum atomic E-state index is 12.3. The quantitative estimate of drug-likeness (QED) is 0.263. The number of aldehydes is 1. The van der Waals surface area contributed by atoms with Crippen molar-refractivity contribution < 1.29 is 23.1 Å². The first-order chi connectivity index (χ1) is 17.2. The van der Waals surface area contributed by atoms with Gasteiger partial charge >= 0.3 is 6.18 Å². The molecule has 36 heavy (non-hydrogen) atoms. The molecule has 192 valence electrons. The van der Waals surface area contributed by atoms with E-state index >= 15 is 0 Å². The fourth-order valence-corrected chi connectivity index (χ4v) is 2.85. The van der Waals surface area contributed by atoms with Crippen molar-refractivity contribution in [3.63, 3.8) is 0 Å². The molecule has 9 heteroatoms. The number of para-hydroxylation sites is 1. The Morgan fingerprint density at radius 1 is 1.17 bits per heavy atom. The van der Waals surface area contributed by atoms with Crippen LogP contribution in [0.5, 0.6) is 0 Å². The molecular formula is C27H29ClF3N3O2. The number of carbonyl (C=O) groups excluding carboxylic acids is 1. The molecule has 0 bridgehead atoms. The average molecular weight is 520 g/mol. The van der Waals surface area contributed by atoms with Crippen molar-refractivity contribution in [3.05, 3.63) is 108 Å². The summed E-state index contributed by atoms with van der Waals surface area (Å²) < 4.78 is 37.0. The normalized spacial score (nSPS) is 11.1. The first-order valence-electron chi connectivity index (χ1n) is 10.8. The predicted molar refractivity (Wildman–Crippen MR) is 140 cm³/mol. The number of carbonyl (C=O) groups is 1. The minimum absolute atomic E-state index is 0.190. The summed E-state index contributed by atoms with van der Waals surface area (Å²) in [6.07, 6.45) is 3.30. The van der Waals surface area contributed by atoms with Gasteiger partial charge in [-0.2, -0.15) is 18.3 Å². The van der Waals surface area contributed by atoms with Crippen LogP contribution < -0.4 is 4.90 Å². The Labute approximate surface area is 214 Å². The molecule has 1 aromatic heterocycles. The van der Waals surface area contributed by atoms with Gasteiger partial charge in [-0.25, -0.2) is 0 Å². The zero-order chi connectivity index (χ0) is 27.0. The number of rotatable bonds is 7. The topological polar surface area (TPSA) is 69.2 Å². The number of aromatic nitrogens is 2. The highest BCUT2D eigenvalue weighted by Gasteiger charge is 2.33. The van der Waals surface area contributed by atoms with E-state index in [1.54, 1.807) is 24.3 Å². The standard InChI is InChI=1S/C11H7F3N2O.C9H13NO.C7H9Cl/c12-11(13,14)10-5-9(15-16-10)8-3-1-7(6-17)2-4-8;1-10(7-8-11)9-5-3-2-4-6-9;1-3-5-7(8)6-4-2/h1-6H,(H,15,16);2-6,11H,7-8H2,1H3;3-6H,1H2,2H3/b;;6-4-,7-5+. The van der Waals surface area contributed by atoms with Gasteiger partial charge in [-0.1, -0.05) is 72.8 Å². The molecule has 3 aromatic rings. The van der Waals surface area contributed by atoms with Gasteiger partial charge in [0.2, 0.25) is 0 Å². The second-order valence-electron chi connectivity index (χ2n) is 7.17. The Hall–Kier alpha value is -3.62. The van der Waals surface area contributed by atoms with E-state index in [1.807, 2.05) is 66.5 Å². The third-order valence-corrected chi connectivity index (χ3v) is 4.71. The van der Waals surface area contributed by atoms with Crippen molar-refractivity contribution >= 4 is 23.6 Å². The van der Waals surface area contributed by atoms with Crippen molar-refractivity contribution in [2.75, 3.05) is 25.1 Å². The van der Waals surface area contributed by atoms with Gasteiger partial charge < -0.3 is 10.0 Å². The lowest BCUT2D eigenvalue weighted by atomic mass is 10.1. The van der Waals surface area contributed by atoms with Gasteiger partial charge in [-0.05, 0) is 37.3 Å². The van der Waals surface area contributed by atoms with Gasteiger partial charge in [-0.3, -0.25) is 9.89 Å². The average Bonchev–Trinajstić information content (AvgIpc) is 3.37. The number of aliphatic hydroxyl groups excluding tert-OH is 1. The zero-order valence-electron chi connectivity index (χ0n) is 20.0. The van der Waals surface area contributed by atoms with Crippen LogP contribution in [0.2, 0.25) is 0 Å². The minimum Gasteiger partial charge on any atom is -0.395 e. The fraction of sp³-hybridized carbons (Fsp3) is 0.185. The number of alkyl halides is 3.